The van der Waals surface area contributed by atoms with Gasteiger partial charge in [0.05, 0.1) is 12.5 Å². The summed E-state index contributed by atoms with van der Waals surface area (Å²) in [6.45, 7) is 3.69. The van der Waals surface area contributed by atoms with Gasteiger partial charge in [-0.25, -0.2) is 0 Å². The van der Waals surface area contributed by atoms with Crippen LogP contribution >= 0.6 is 0 Å². The zero-order valence-corrected chi connectivity index (χ0v) is 8.32. The molecule has 0 unspecified atom stereocenters. The van der Waals surface area contributed by atoms with E-state index in [1.54, 1.807) is 0 Å². The van der Waals surface area contributed by atoms with Crippen LogP contribution in [0.5, 0.6) is 0 Å². The minimum atomic E-state index is -0.212. The molecule has 2 heterocycles. The van der Waals surface area contributed by atoms with Crippen molar-refractivity contribution >= 4 is 11.8 Å². The smallest absolute Gasteiger partial charge is 0.244 e. The summed E-state index contributed by atoms with van der Waals surface area (Å²) < 4.78 is 0. The molecular formula is C9H15N3O2. The maximum absolute atomic E-state index is 11.4. The highest BCUT2D eigenvalue weighted by molar-refractivity contribution is 6.05. The van der Waals surface area contributed by atoms with Gasteiger partial charge < -0.3 is 4.90 Å². The van der Waals surface area contributed by atoms with Crippen molar-refractivity contribution in [2.75, 3.05) is 33.2 Å². The third kappa shape index (κ3) is 1.78. The number of hydrogen-bond donors (Lipinski definition) is 1. The van der Waals surface area contributed by atoms with Crippen LogP contribution in [0.1, 0.15) is 6.42 Å². The Morgan fingerprint density at radius 3 is 2.36 bits per heavy atom. The van der Waals surface area contributed by atoms with Gasteiger partial charge in [0.2, 0.25) is 11.8 Å². The number of amides is 2. The number of nitrogens with one attached hydrogen (secondary N) is 1. The first-order chi connectivity index (χ1) is 6.66. The number of hydrogen-bond acceptors (Lipinski definition) is 4. The van der Waals surface area contributed by atoms with Crippen molar-refractivity contribution in [2.45, 2.75) is 12.5 Å². The first-order valence-electron chi connectivity index (χ1n) is 4.93. The van der Waals surface area contributed by atoms with Gasteiger partial charge >= 0.3 is 0 Å². The molecule has 0 aromatic rings. The van der Waals surface area contributed by atoms with Crippen molar-refractivity contribution < 1.29 is 9.59 Å². The molecule has 0 aromatic heterocycles. The molecule has 0 radical (unpaired) electrons. The molecule has 0 saturated carbocycles. The summed E-state index contributed by atoms with van der Waals surface area (Å²) in [4.78, 5) is 26.7. The number of nitrogens with zero attached hydrogens (tertiary/aromatic N) is 2. The second-order valence-corrected chi connectivity index (χ2v) is 3.97. The van der Waals surface area contributed by atoms with E-state index in [9.17, 15) is 9.59 Å². The SMILES string of the molecule is CN1CCN([C@@H]2CC(=O)NC2=O)CC1. The van der Waals surface area contributed by atoms with Gasteiger partial charge in [0.25, 0.3) is 0 Å². The third-order valence-corrected chi connectivity index (χ3v) is 2.92. The lowest BCUT2D eigenvalue weighted by molar-refractivity contribution is -0.126. The molecule has 2 aliphatic heterocycles. The number of imide groups is 1. The summed E-state index contributed by atoms with van der Waals surface area (Å²) in [6, 6.07) is -0.212. The van der Waals surface area contributed by atoms with E-state index in [0.29, 0.717) is 6.42 Å². The molecule has 0 aromatic carbocycles. The van der Waals surface area contributed by atoms with Crippen LogP contribution in [-0.4, -0.2) is 60.9 Å². The molecular weight excluding hydrogens is 182 g/mol. The molecule has 2 amide bonds. The maximum Gasteiger partial charge on any atom is 0.244 e. The van der Waals surface area contributed by atoms with E-state index in [2.05, 4.69) is 22.2 Å². The van der Waals surface area contributed by atoms with E-state index in [0.717, 1.165) is 26.2 Å². The average molecular weight is 197 g/mol. The van der Waals surface area contributed by atoms with Gasteiger partial charge in [0, 0.05) is 26.2 Å². The Morgan fingerprint density at radius 1 is 1.21 bits per heavy atom. The summed E-state index contributed by atoms with van der Waals surface area (Å²) in [5, 5.41) is 2.34. The van der Waals surface area contributed by atoms with Gasteiger partial charge in [-0.3, -0.25) is 19.8 Å². The molecule has 1 atom stereocenters. The maximum atomic E-state index is 11.4. The average Bonchev–Trinajstić information content (AvgIpc) is 2.47. The fraction of sp³-hybridized carbons (Fsp3) is 0.778. The van der Waals surface area contributed by atoms with Crippen LogP contribution in [0.3, 0.4) is 0 Å². The first kappa shape index (κ1) is 9.61. The second-order valence-electron chi connectivity index (χ2n) is 3.97. The summed E-state index contributed by atoms with van der Waals surface area (Å²) in [7, 11) is 2.07. The quantitative estimate of drug-likeness (QED) is 0.528. The first-order valence-corrected chi connectivity index (χ1v) is 4.93. The Labute approximate surface area is 83.0 Å². The van der Waals surface area contributed by atoms with Gasteiger partial charge in [-0.15, -0.1) is 0 Å². The Hall–Kier alpha value is -0.940. The highest BCUT2D eigenvalue weighted by Gasteiger charge is 2.35. The van der Waals surface area contributed by atoms with E-state index in [-0.39, 0.29) is 17.9 Å². The molecule has 0 spiro atoms. The Balaban J connectivity index is 1.95. The van der Waals surface area contributed by atoms with E-state index in [1.165, 1.54) is 0 Å². The van der Waals surface area contributed by atoms with Crippen molar-refractivity contribution in [2.24, 2.45) is 0 Å². The Morgan fingerprint density at radius 2 is 1.86 bits per heavy atom. The molecule has 2 rings (SSSR count). The van der Waals surface area contributed by atoms with Crippen molar-refractivity contribution in [3.63, 3.8) is 0 Å². The summed E-state index contributed by atoms with van der Waals surface area (Å²) in [6.07, 6.45) is 0.336. The molecule has 78 valence electrons. The molecule has 5 heteroatoms. The number of rotatable bonds is 1. The zero-order valence-electron chi connectivity index (χ0n) is 8.32. The second kappa shape index (κ2) is 3.67. The predicted octanol–water partition coefficient (Wildman–Crippen LogP) is -1.35. The van der Waals surface area contributed by atoms with Crippen LogP contribution in [0, 0.1) is 0 Å². The highest BCUT2D eigenvalue weighted by atomic mass is 16.2. The van der Waals surface area contributed by atoms with Gasteiger partial charge in [-0.1, -0.05) is 0 Å². The lowest BCUT2D eigenvalue weighted by atomic mass is 10.2. The molecule has 2 saturated heterocycles. The van der Waals surface area contributed by atoms with E-state index >= 15 is 0 Å². The highest BCUT2D eigenvalue weighted by Crippen LogP contribution is 2.12. The minimum Gasteiger partial charge on any atom is -0.304 e. The normalized spacial score (nSPS) is 30.8. The Bertz CT molecular complexity index is 259. The lowest BCUT2D eigenvalue weighted by Gasteiger charge is -2.34. The molecule has 5 nitrogen and oxygen atoms in total. The van der Waals surface area contributed by atoms with Crippen molar-refractivity contribution in [3.8, 4) is 0 Å². The summed E-state index contributed by atoms with van der Waals surface area (Å²) in [5.41, 5.74) is 0. The van der Waals surface area contributed by atoms with Gasteiger partial charge in [0.15, 0.2) is 0 Å². The molecule has 14 heavy (non-hydrogen) atoms. The summed E-state index contributed by atoms with van der Waals surface area (Å²) >= 11 is 0. The van der Waals surface area contributed by atoms with Crippen LogP contribution < -0.4 is 5.32 Å². The van der Waals surface area contributed by atoms with Gasteiger partial charge in [0.1, 0.15) is 0 Å². The molecule has 0 aliphatic carbocycles. The largest absolute Gasteiger partial charge is 0.304 e. The van der Waals surface area contributed by atoms with E-state index < -0.39 is 0 Å². The zero-order chi connectivity index (χ0) is 10.1. The Kier molecular flexibility index (Phi) is 2.52. The van der Waals surface area contributed by atoms with Crippen LogP contribution in [0.2, 0.25) is 0 Å². The molecule has 1 N–H and O–H groups in total. The fourth-order valence-electron chi connectivity index (χ4n) is 1.97. The third-order valence-electron chi connectivity index (χ3n) is 2.92. The molecule has 2 fully saturated rings. The van der Waals surface area contributed by atoms with Crippen LogP contribution in [0.4, 0.5) is 0 Å². The number of piperazine rings is 1. The van der Waals surface area contributed by atoms with Crippen molar-refractivity contribution in [1.29, 1.82) is 0 Å². The van der Waals surface area contributed by atoms with Crippen LogP contribution in [0.15, 0.2) is 0 Å². The minimum absolute atomic E-state index is 0.125. The van der Waals surface area contributed by atoms with Crippen LogP contribution in [-0.2, 0) is 9.59 Å². The van der Waals surface area contributed by atoms with E-state index in [4.69, 9.17) is 0 Å². The standard InChI is InChI=1S/C9H15N3O2/c1-11-2-4-12(5-3-11)7-6-8(13)10-9(7)14/h7H,2-6H2,1H3,(H,10,13,14)/t7-/m1/s1. The number of carbonyl (C=O) groups is 2. The monoisotopic (exact) mass is 197 g/mol. The fourth-order valence-corrected chi connectivity index (χ4v) is 1.97. The van der Waals surface area contributed by atoms with Crippen LogP contribution in [0.25, 0.3) is 0 Å². The molecule has 0 bridgehead atoms. The van der Waals surface area contributed by atoms with Gasteiger partial charge in [-0.2, -0.15) is 0 Å². The lowest BCUT2D eigenvalue weighted by Crippen LogP contribution is -2.51. The van der Waals surface area contributed by atoms with Crippen molar-refractivity contribution in [1.82, 2.24) is 15.1 Å². The molecule has 2 aliphatic rings. The topological polar surface area (TPSA) is 52.6 Å². The van der Waals surface area contributed by atoms with E-state index in [1.807, 2.05) is 0 Å². The number of carbonyl (C=O) groups excluding carboxylic acids is 2. The summed E-state index contributed by atoms with van der Waals surface area (Å²) in [5.74, 6) is -0.265. The number of likely N-dealkylation sites (N-methyl/N-ethyl adjacent to an activating group) is 1. The van der Waals surface area contributed by atoms with Gasteiger partial charge in [-0.05, 0) is 7.05 Å². The van der Waals surface area contributed by atoms with Crippen molar-refractivity contribution in [3.05, 3.63) is 0 Å². The predicted molar refractivity (Wildman–Crippen MR) is 50.6 cm³/mol.